The fourth-order valence-electron chi connectivity index (χ4n) is 3.10. The molecule has 7 nitrogen and oxygen atoms in total. The van der Waals surface area contributed by atoms with Crippen LogP contribution in [0.15, 0.2) is 41.1 Å². The van der Waals surface area contributed by atoms with Crippen LogP contribution in [0.5, 0.6) is 5.75 Å². The Morgan fingerprint density at radius 3 is 2.92 bits per heavy atom. The van der Waals surface area contributed by atoms with Crippen molar-refractivity contribution in [2.75, 3.05) is 6.54 Å². The number of fused-ring (bicyclic) bond motifs is 1. The molecule has 0 spiro atoms. The van der Waals surface area contributed by atoms with Crippen molar-refractivity contribution in [3.63, 3.8) is 0 Å². The first-order chi connectivity index (χ1) is 12.2. The second-order valence-electron chi connectivity index (χ2n) is 6.28. The lowest BCUT2D eigenvalue weighted by atomic mass is 10.2. The minimum atomic E-state index is 0.182. The third kappa shape index (κ3) is 3.28. The number of aromatic nitrogens is 4. The molecule has 4 rings (SSSR count). The first-order valence-electron chi connectivity index (χ1n) is 8.44. The topological polar surface area (TPSA) is 69.2 Å². The van der Waals surface area contributed by atoms with E-state index in [2.05, 4.69) is 31.6 Å². The minimum Gasteiger partial charge on any atom is -0.484 e. The van der Waals surface area contributed by atoms with Crippen LogP contribution < -0.4 is 4.74 Å². The molecule has 3 aromatic heterocycles. The quantitative estimate of drug-likeness (QED) is 0.712. The molecular weight excluding hydrogens is 318 g/mol. The molecule has 0 amide bonds. The van der Waals surface area contributed by atoms with E-state index >= 15 is 0 Å². The second kappa shape index (κ2) is 6.68. The molecule has 0 aromatic carbocycles. The molecule has 130 valence electrons. The average Bonchev–Trinajstić information content (AvgIpc) is 3.27. The zero-order valence-electron chi connectivity index (χ0n) is 14.4. The Balaban J connectivity index is 1.44. The van der Waals surface area contributed by atoms with Gasteiger partial charge in [0.25, 0.3) is 0 Å². The van der Waals surface area contributed by atoms with E-state index in [0.29, 0.717) is 6.61 Å². The first kappa shape index (κ1) is 15.8. The van der Waals surface area contributed by atoms with Gasteiger partial charge < -0.3 is 13.7 Å². The molecule has 0 saturated heterocycles. The molecule has 0 unspecified atom stereocenters. The summed E-state index contributed by atoms with van der Waals surface area (Å²) in [4.78, 5) is 6.59. The van der Waals surface area contributed by atoms with E-state index in [1.807, 2.05) is 31.2 Å². The molecule has 7 heteroatoms. The fraction of sp³-hybridized carbons (Fsp3) is 0.389. The standard InChI is InChI=1S/C18H21N5O2/c1-13-5-6-15(10-19-13)25-12-17-20-21-18-14(2)22(7-8-23(17)18)11-16-4-3-9-24-16/h3-6,9-10,14H,7-8,11-12H2,1-2H3/t14-/m1/s1. The summed E-state index contributed by atoms with van der Waals surface area (Å²) < 4.78 is 13.4. The van der Waals surface area contributed by atoms with Gasteiger partial charge in [-0.15, -0.1) is 10.2 Å². The molecule has 4 heterocycles. The summed E-state index contributed by atoms with van der Waals surface area (Å²) in [5, 5.41) is 8.72. The summed E-state index contributed by atoms with van der Waals surface area (Å²) in [5.74, 6) is 3.53. The highest BCUT2D eigenvalue weighted by Gasteiger charge is 2.28. The highest BCUT2D eigenvalue weighted by atomic mass is 16.5. The van der Waals surface area contributed by atoms with Gasteiger partial charge in [0.1, 0.15) is 23.9 Å². The van der Waals surface area contributed by atoms with Crippen molar-refractivity contribution in [3.05, 3.63) is 59.8 Å². The zero-order valence-corrected chi connectivity index (χ0v) is 14.4. The van der Waals surface area contributed by atoms with Crippen LogP contribution in [0.2, 0.25) is 0 Å². The van der Waals surface area contributed by atoms with Gasteiger partial charge in [0.05, 0.1) is 25.0 Å². The van der Waals surface area contributed by atoms with Gasteiger partial charge in [-0.1, -0.05) is 0 Å². The third-order valence-corrected chi connectivity index (χ3v) is 4.58. The Hall–Kier alpha value is -2.67. The first-order valence-corrected chi connectivity index (χ1v) is 8.44. The predicted octanol–water partition coefficient (Wildman–Crippen LogP) is 2.73. The summed E-state index contributed by atoms with van der Waals surface area (Å²) in [6.07, 6.45) is 3.44. The van der Waals surface area contributed by atoms with Crippen LogP contribution in [0.3, 0.4) is 0 Å². The highest BCUT2D eigenvalue weighted by molar-refractivity contribution is 5.19. The van der Waals surface area contributed by atoms with Gasteiger partial charge in [0.15, 0.2) is 5.82 Å². The maximum atomic E-state index is 5.80. The third-order valence-electron chi connectivity index (χ3n) is 4.58. The molecule has 1 aliphatic rings. The molecule has 1 atom stereocenters. The van der Waals surface area contributed by atoms with Crippen molar-refractivity contribution in [1.82, 2.24) is 24.6 Å². The number of rotatable bonds is 5. The molecule has 0 bridgehead atoms. The molecule has 25 heavy (non-hydrogen) atoms. The van der Waals surface area contributed by atoms with Crippen molar-refractivity contribution in [3.8, 4) is 5.75 Å². The Kier molecular flexibility index (Phi) is 4.23. The van der Waals surface area contributed by atoms with Gasteiger partial charge in [0.2, 0.25) is 0 Å². The van der Waals surface area contributed by atoms with Crippen LogP contribution in [0, 0.1) is 6.92 Å². The van der Waals surface area contributed by atoms with Crippen molar-refractivity contribution in [2.45, 2.75) is 39.6 Å². The van der Waals surface area contributed by atoms with E-state index in [-0.39, 0.29) is 6.04 Å². The summed E-state index contributed by atoms with van der Waals surface area (Å²) in [6.45, 7) is 7.04. The lowest BCUT2D eigenvalue weighted by Gasteiger charge is -2.32. The molecule has 0 N–H and O–H groups in total. The minimum absolute atomic E-state index is 0.182. The zero-order chi connectivity index (χ0) is 17.2. The van der Waals surface area contributed by atoms with Gasteiger partial charge in [-0.05, 0) is 38.1 Å². The van der Waals surface area contributed by atoms with E-state index in [9.17, 15) is 0 Å². The number of hydrogen-bond donors (Lipinski definition) is 0. The van der Waals surface area contributed by atoms with Crippen LogP contribution >= 0.6 is 0 Å². The number of hydrogen-bond acceptors (Lipinski definition) is 6. The van der Waals surface area contributed by atoms with Crippen molar-refractivity contribution >= 4 is 0 Å². The number of furan rings is 1. The molecule has 0 aliphatic carbocycles. The van der Waals surface area contributed by atoms with Crippen LogP contribution in [0.25, 0.3) is 0 Å². The monoisotopic (exact) mass is 339 g/mol. The van der Waals surface area contributed by atoms with Gasteiger partial charge in [0, 0.05) is 18.8 Å². The number of ether oxygens (including phenoxy) is 1. The molecular formula is C18H21N5O2. The second-order valence-corrected chi connectivity index (χ2v) is 6.28. The average molecular weight is 339 g/mol. The van der Waals surface area contributed by atoms with Crippen LogP contribution in [0.1, 0.15) is 36.1 Å². The number of nitrogens with zero attached hydrogens (tertiary/aromatic N) is 5. The Morgan fingerprint density at radius 1 is 1.24 bits per heavy atom. The summed E-state index contributed by atoms with van der Waals surface area (Å²) in [5.41, 5.74) is 0.970. The Labute approximate surface area is 146 Å². The Morgan fingerprint density at radius 2 is 2.16 bits per heavy atom. The smallest absolute Gasteiger partial charge is 0.171 e. The van der Waals surface area contributed by atoms with E-state index in [1.165, 1.54) is 0 Å². The fourth-order valence-corrected chi connectivity index (χ4v) is 3.10. The van der Waals surface area contributed by atoms with Crippen molar-refractivity contribution in [2.24, 2.45) is 0 Å². The van der Waals surface area contributed by atoms with E-state index in [4.69, 9.17) is 9.15 Å². The predicted molar refractivity (Wildman–Crippen MR) is 90.9 cm³/mol. The highest BCUT2D eigenvalue weighted by Crippen LogP contribution is 2.26. The number of pyridine rings is 1. The lowest BCUT2D eigenvalue weighted by molar-refractivity contribution is 0.142. The van der Waals surface area contributed by atoms with Gasteiger partial charge in [-0.25, -0.2) is 0 Å². The van der Waals surface area contributed by atoms with E-state index < -0.39 is 0 Å². The van der Waals surface area contributed by atoms with Crippen LogP contribution in [0.4, 0.5) is 0 Å². The summed E-state index contributed by atoms with van der Waals surface area (Å²) in [6, 6.07) is 7.95. The van der Waals surface area contributed by atoms with Crippen molar-refractivity contribution in [1.29, 1.82) is 0 Å². The lowest BCUT2D eigenvalue weighted by Crippen LogP contribution is -2.37. The molecule has 0 saturated carbocycles. The van der Waals surface area contributed by atoms with Gasteiger partial charge in [-0.2, -0.15) is 0 Å². The number of aryl methyl sites for hydroxylation is 1. The molecule has 0 fully saturated rings. The summed E-state index contributed by atoms with van der Waals surface area (Å²) >= 11 is 0. The van der Waals surface area contributed by atoms with E-state index in [0.717, 1.165) is 48.5 Å². The SMILES string of the molecule is Cc1ccc(OCc2nnc3n2CCN(Cc2ccco2)[C@@H]3C)cn1. The normalized spacial score (nSPS) is 17.4. The molecule has 0 radical (unpaired) electrons. The molecule has 1 aliphatic heterocycles. The van der Waals surface area contributed by atoms with Gasteiger partial charge >= 0.3 is 0 Å². The largest absolute Gasteiger partial charge is 0.484 e. The summed E-state index contributed by atoms with van der Waals surface area (Å²) in [7, 11) is 0. The molecule has 3 aromatic rings. The Bertz CT molecular complexity index is 826. The van der Waals surface area contributed by atoms with Gasteiger partial charge in [-0.3, -0.25) is 9.88 Å². The van der Waals surface area contributed by atoms with E-state index in [1.54, 1.807) is 12.5 Å². The van der Waals surface area contributed by atoms with Crippen LogP contribution in [-0.4, -0.2) is 31.2 Å². The van der Waals surface area contributed by atoms with Crippen LogP contribution in [-0.2, 0) is 19.7 Å². The maximum absolute atomic E-state index is 5.80. The van der Waals surface area contributed by atoms with Crippen molar-refractivity contribution < 1.29 is 9.15 Å². The maximum Gasteiger partial charge on any atom is 0.171 e.